The van der Waals surface area contributed by atoms with Crippen molar-refractivity contribution in [1.82, 2.24) is 10.2 Å². The van der Waals surface area contributed by atoms with E-state index < -0.39 is 0 Å². The van der Waals surface area contributed by atoms with Crippen LogP contribution < -0.4 is 10.5 Å². The van der Waals surface area contributed by atoms with E-state index >= 15 is 0 Å². The molecule has 0 radical (unpaired) electrons. The highest BCUT2D eigenvalue weighted by atomic mass is 32.2. The molecule has 1 atom stereocenters. The van der Waals surface area contributed by atoms with Crippen LogP contribution in [0.3, 0.4) is 0 Å². The third-order valence-corrected chi connectivity index (χ3v) is 6.36. The highest BCUT2D eigenvalue weighted by molar-refractivity contribution is 8.16. The highest BCUT2D eigenvalue weighted by Crippen LogP contribution is 2.32. The Morgan fingerprint density at radius 2 is 2.14 bits per heavy atom. The summed E-state index contributed by atoms with van der Waals surface area (Å²) in [4.78, 5) is 4.63. The number of aliphatic imine (C=N–C) groups is 1. The number of thioether (sulfide) groups is 2. The predicted molar refractivity (Wildman–Crippen MR) is 90.8 cm³/mol. The van der Waals surface area contributed by atoms with Gasteiger partial charge in [0.1, 0.15) is 5.75 Å². The minimum atomic E-state index is 0.470. The molecule has 0 aliphatic carbocycles. The lowest BCUT2D eigenvalue weighted by Gasteiger charge is -2.06. The van der Waals surface area contributed by atoms with Gasteiger partial charge in [0.2, 0.25) is 5.13 Å². The zero-order valence-corrected chi connectivity index (χ0v) is 13.8. The first-order chi connectivity index (χ1) is 10.2. The Bertz CT molecular complexity index is 641. The predicted octanol–water partition coefficient (Wildman–Crippen LogP) is 2.78. The van der Waals surface area contributed by atoms with Crippen LogP contribution in [0.1, 0.15) is 5.56 Å². The van der Waals surface area contributed by atoms with E-state index in [-0.39, 0.29) is 0 Å². The van der Waals surface area contributed by atoms with Gasteiger partial charge in [0.05, 0.1) is 18.7 Å². The fraction of sp³-hybridized carbons (Fsp3) is 0.308. The van der Waals surface area contributed by atoms with Crippen molar-refractivity contribution in [3.05, 3.63) is 29.8 Å². The van der Waals surface area contributed by atoms with Gasteiger partial charge in [-0.2, -0.15) is 0 Å². The van der Waals surface area contributed by atoms with E-state index in [9.17, 15) is 0 Å². The normalized spacial score (nSPS) is 17.8. The van der Waals surface area contributed by atoms with E-state index in [0.29, 0.717) is 10.4 Å². The SMILES string of the molecule is COc1ccc(C2=NC[C@@H](CSc3nnc(N)s3)S2)cc1. The first-order valence-corrected chi connectivity index (χ1v) is 9.00. The van der Waals surface area contributed by atoms with Crippen molar-refractivity contribution in [2.45, 2.75) is 9.59 Å². The number of nitrogen functional groups attached to an aromatic ring is 1. The number of methoxy groups -OCH3 is 1. The molecule has 8 heteroatoms. The lowest BCUT2D eigenvalue weighted by Crippen LogP contribution is -2.06. The molecule has 0 fully saturated rings. The molecule has 0 bridgehead atoms. The molecule has 21 heavy (non-hydrogen) atoms. The maximum absolute atomic E-state index is 5.58. The summed E-state index contributed by atoms with van der Waals surface area (Å²) in [6.07, 6.45) is 0. The van der Waals surface area contributed by atoms with Crippen LogP contribution in [0.15, 0.2) is 33.6 Å². The van der Waals surface area contributed by atoms with Crippen LogP contribution >= 0.6 is 34.9 Å². The molecule has 3 rings (SSSR count). The van der Waals surface area contributed by atoms with Crippen LogP contribution in [0.25, 0.3) is 0 Å². The minimum Gasteiger partial charge on any atom is -0.497 e. The molecule has 110 valence electrons. The van der Waals surface area contributed by atoms with Crippen molar-refractivity contribution in [2.24, 2.45) is 4.99 Å². The lowest BCUT2D eigenvalue weighted by atomic mass is 10.2. The zero-order valence-electron chi connectivity index (χ0n) is 11.4. The maximum atomic E-state index is 5.58. The number of anilines is 1. The second-order valence-electron chi connectivity index (χ2n) is 4.33. The van der Waals surface area contributed by atoms with Crippen LogP contribution in [0.2, 0.25) is 0 Å². The number of hydrogen-bond donors (Lipinski definition) is 1. The molecule has 2 aromatic rings. The van der Waals surface area contributed by atoms with Crippen molar-refractivity contribution in [2.75, 3.05) is 25.1 Å². The molecule has 0 unspecified atom stereocenters. The molecule has 0 saturated carbocycles. The van der Waals surface area contributed by atoms with E-state index in [0.717, 1.165) is 33.0 Å². The summed E-state index contributed by atoms with van der Waals surface area (Å²) < 4.78 is 6.09. The summed E-state index contributed by atoms with van der Waals surface area (Å²) in [6, 6.07) is 8.02. The van der Waals surface area contributed by atoms with Crippen molar-refractivity contribution >= 4 is 45.0 Å². The molecule has 2 N–H and O–H groups in total. The van der Waals surface area contributed by atoms with Crippen LogP contribution in [0, 0.1) is 0 Å². The van der Waals surface area contributed by atoms with Crippen molar-refractivity contribution in [3.63, 3.8) is 0 Å². The summed E-state index contributed by atoms with van der Waals surface area (Å²) >= 11 is 4.94. The van der Waals surface area contributed by atoms with Gasteiger partial charge >= 0.3 is 0 Å². The van der Waals surface area contributed by atoms with Crippen LogP contribution in [-0.4, -0.2) is 39.9 Å². The van der Waals surface area contributed by atoms with Gasteiger partial charge in [-0.3, -0.25) is 4.99 Å². The van der Waals surface area contributed by atoms with E-state index in [1.165, 1.54) is 11.3 Å². The standard InChI is InChI=1S/C13H14N4OS3/c1-18-9-4-2-8(3-5-9)11-15-6-10(20-11)7-19-13-17-16-12(14)21-13/h2-5,10H,6-7H2,1H3,(H2,14,16)/t10-/m0/s1. The van der Waals surface area contributed by atoms with Gasteiger partial charge in [0.15, 0.2) is 4.34 Å². The number of nitrogens with zero attached hydrogens (tertiary/aromatic N) is 3. The monoisotopic (exact) mass is 338 g/mol. The molecule has 0 amide bonds. The number of benzene rings is 1. The largest absolute Gasteiger partial charge is 0.497 e. The number of ether oxygens (including phenoxy) is 1. The molecule has 1 aromatic carbocycles. The average Bonchev–Trinajstić information content (AvgIpc) is 3.14. The molecule has 2 heterocycles. The van der Waals surface area contributed by atoms with Gasteiger partial charge in [0, 0.05) is 16.6 Å². The Morgan fingerprint density at radius 1 is 1.33 bits per heavy atom. The Morgan fingerprint density at radius 3 is 2.81 bits per heavy atom. The fourth-order valence-electron chi connectivity index (χ4n) is 1.84. The van der Waals surface area contributed by atoms with E-state index in [4.69, 9.17) is 10.5 Å². The van der Waals surface area contributed by atoms with Crippen LogP contribution in [0.4, 0.5) is 5.13 Å². The van der Waals surface area contributed by atoms with E-state index in [1.807, 2.05) is 36.0 Å². The number of aromatic nitrogens is 2. The maximum Gasteiger partial charge on any atom is 0.203 e. The third-order valence-electron chi connectivity index (χ3n) is 2.87. The van der Waals surface area contributed by atoms with Gasteiger partial charge in [-0.25, -0.2) is 0 Å². The number of hydrogen-bond acceptors (Lipinski definition) is 8. The highest BCUT2D eigenvalue weighted by Gasteiger charge is 2.21. The molecule has 0 saturated heterocycles. The van der Waals surface area contributed by atoms with Gasteiger partial charge < -0.3 is 10.5 Å². The van der Waals surface area contributed by atoms with Gasteiger partial charge in [-0.1, -0.05) is 23.1 Å². The second-order valence-corrected chi connectivity index (χ2v) is 7.90. The summed E-state index contributed by atoms with van der Waals surface area (Å²) in [5.41, 5.74) is 6.72. The van der Waals surface area contributed by atoms with Gasteiger partial charge in [-0.15, -0.1) is 22.0 Å². The van der Waals surface area contributed by atoms with Crippen molar-refractivity contribution in [1.29, 1.82) is 0 Å². The molecular weight excluding hydrogens is 324 g/mol. The quantitative estimate of drug-likeness (QED) is 0.845. The Kier molecular flexibility index (Phi) is 4.67. The third kappa shape index (κ3) is 3.69. The summed E-state index contributed by atoms with van der Waals surface area (Å²) in [5, 5.41) is 9.92. The van der Waals surface area contributed by atoms with Gasteiger partial charge in [-0.05, 0) is 24.3 Å². The molecule has 5 nitrogen and oxygen atoms in total. The van der Waals surface area contributed by atoms with Crippen molar-refractivity contribution in [3.8, 4) is 5.75 Å². The smallest absolute Gasteiger partial charge is 0.203 e. The van der Waals surface area contributed by atoms with Crippen molar-refractivity contribution < 1.29 is 4.74 Å². The molecule has 1 aliphatic rings. The van der Waals surface area contributed by atoms with Gasteiger partial charge in [0.25, 0.3) is 0 Å². The van der Waals surface area contributed by atoms with Crippen LogP contribution in [0.5, 0.6) is 5.75 Å². The number of rotatable bonds is 5. The molecular formula is C13H14N4OS3. The topological polar surface area (TPSA) is 73.4 Å². The molecule has 1 aliphatic heterocycles. The minimum absolute atomic E-state index is 0.470. The first kappa shape index (κ1) is 14.7. The Labute approximate surface area is 135 Å². The molecule has 1 aromatic heterocycles. The summed E-state index contributed by atoms with van der Waals surface area (Å²) in [6.45, 7) is 0.841. The van der Waals surface area contributed by atoms with Crippen LogP contribution in [-0.2, 0) is 0 Å². The fourth-order valence-corrected chi connectivity index (χ4v) is 4.77. The first-order valence-electron chi connectivity index (χ1n) is 6.32. The number of nitrogens with two attached hydrogens (primary N) is 1. The zero-order chi connectivity index (χ0) is 14.7. The molecule has 0 spiro atoms. The second kappa shape index (κ2) is 6.67. The Balaban J connectivity index is 1.54. The van der Waals surface area contributed by atoms with E-state index in [1.54, 1.807) is 18.9 Å². The Hall–Kier alpha value is -1.25. The average molecular weight is 338 g/mol. The van der Waals surface area contributed by atoms with E-state index in [2.05, 4.69) is 15.2 Å². The summed E-state index contributed by atoms with van der Waals surface area (Å²) in [5.74, 6) is 1.82. The lowest BCUT2D eigenvalue weighted by molar-refractivity contribution is 0.415. The summed E-state index contributed by atoms with van der Waals surface area (Å²) in [7, 11) is 1.67.